The van der Waals surface area contributed by atoms with Crippen LogP contribution >= 0.6 is 0 Å². The van der Waals surface area contributed by atoms with Gasteiger partial charge in [-0.25, -0.2) is 0 Å². The lowest BCUT2D eigenvalue weighted by atomic mass is 9.86. The molecule has 0 amide bonds. The molecule has 0 aliphatic carbocycles. The van der Waals surface area contributed by atoms with Crippen LogP contribution in [0, 0.1) is 6.92 Å². The Morgan fingerprint density at radius 2 is 1.52 bits per heavy atom. The zero-order valence-corrected chi connectivity index (χ0v) is 13.4. The largest absolute Gasteiger partial charge is 0.298 e. The van der Waals surface area contributed by atoms with Crippen LogP contribution in [0.4, 0.5) is 0 Å². The van der Waals surface area contributed by atoms with E-state index >= 15 is 0 Å². The Labute approximate surface area is 128 Å². The Morgan fingerprint density at radius 3 is 2.10 bits per heavy atom. The van der Waals surface area contributed by atoms with Gasteiger partial charge in [-0.1, -0.05) is 56.7 Å². The molecular formula is C20H24O. The average Bonchev–Trinajstić information content (AvgIpc) is 2.44. The van der Waals surface area contributed by atoms with E-state index in [4.69, 9.17) is 0 Å². The van der Waals surface area contributed by atoms with Gasteiger partial charge in [-0.3, -0.25) is 4.79 Å². The molecule has 2 aromatic carbocycles. The van der Waals surface area contributed by atoms with E-state index in [-0.39, 0.29) is 5.41 Å². The molecular weight excluding hydrogens is 256 g/mol. The summed E-state index contributed by atoms with van der Waals surface area (Å²) in [5, 5.41) is 0. The lowest BCUT2D eigenvalue weighted by Crippen LogP contribution is -2.10. The SMILES string of the molecule is Cc1cc(C=O)cc(CCc2ccc(C(C)(C)C)cc2)c1. The van der Waals surface area contributed by atoms with Crippen LogP contribution in [0.1, 0.15) is 53.4 Å². The summed E-state index contributed by atoms with van der Waals surface area (Å²) < 4.78 is 0. The van der Waals surface area contributed by atoms with E-state index in [9.17, 15) is 4.79 Å². The van der Waals surface area contributed by atoms with Gasteiger partial charge in [-0.05, 0) is 54.0 Å². The lowest BCUT2D eigenvalue weighted by Gasteiger charge is -2.19. The summed E-state index contributed by atoms with van der Waals surface area (Å²) in [6.45, 7) is 8.73. The van der Waals surface area contributed by atoms with Crippen LogP contribution in [0.5, 0.6) is 0 Å². The van der Waals surface area contributed by atoms with Crippen LogP contribution in [0.3, 0.4) is 0 Å². The molecule has 0 N–H and O–H groups in total. The Morgan fingerprint density at radius 1 is 0.905 bits per heavy atom. The summed E-state index contributed by atoms with van der Waals surface area (Å²) in [6, 6.07) is 15.0. The molecule has 2 rings (SSSR count). The molecule has 0 aliphatic rings. The molecule has 0 unspecified atom stereocenters. The Bertz CT molecular complexity index is 615. The fourth-order valence-corrected chi connectivity index (χ4v) is 2.57. The van der Waals surface area contributed by atoms with E-state index in [2.05, 4.69) is 51.1 Å². The molecule has 0 atom stereocenters. The van der Waals surface area contributed by atoms with Gasteiger partial charge < -0.3 is 0 Å². The zero-order chi connectivity index (χ0) is 15.5. The molecule has 0 aromatic heterocycles. The van der Waals surface area contributed by atoms with E-state index in [1.54, 1.807) is 0 Å². The highest BCUT2D eigenvalue weighted by Crippen LogP contribution is 2.22. The van der Waals surface area contributed by atoms with Crippen molar-refractivity contribution in [2.75, 3.05) is 0 Å². The molecule has 1 heteroatoms. The number of aryl methyl sites for hydroxylation is 3. The number of carbonyl (C=O) groups excluding carboxylic acids is 1. The van der Waals surface area contributed by atoms with Crippen LogP contribution < -0.4 is 0 Å². The summed E-state index contributed by atoms with van der Waals surface area (Å²) in [7, 11) is 0. The molecule has 0 saturated heterocycles. The van der Waals surface area contributed by atoms with E-state index in [0.717, 1.165) is 30.3 Å². The van der Waals surface area contributed by atoms with Gasteiger partial charge in [0.1, 0.15) is 6.29 Å². The highest BCUT2D eigenvalue weighted by Gasteiger charge is 2.12. The number of aldehydes is 1. The van der Waals surface area contributed by atoms with Gasteiger partial charge in [0.2, 0.25) is 0 Å². The van der Waals surface area contributed by atoms with Crippen molar-refractivity contribution < 1.29 is 4.79 Å². The van der Waals surface area contributed by atoms with E-state index in [1.165, 1.54) is 16.7 Å². The quantitative estimate of drug-likeness (QED) is 0.729. The predicted octanol–water partition coefficient (Wildman–Crippen LogP) is 4.89. The van der Waals surface area contributed by atoms with Crippen molar-refractivity contribution in [3.8, 4) is 0 Å². The van der Waals surface area contributed by atoms with Crippen molar-refractivity contribution in [1.29, 1.82) is 0 Å². The van der Waals surface area contributed by atoms with Gasteiger partial charge in [0, 0.05) is 5.56 Å². The Hall–Kier alpha value is -1.89. The van der Waals surface area contributed by atoms with Crippen LogP contribution in [-0.4, -0.2) is 6.29 Å². The number of carbonyl (C=O) groups is 1. The van der Waals surface area contributed by atoms with E-state index in [1.807, 2.05) is 19.1 Å². The van der Waals surface area contributed by atoms with Crippen LogP contribution in [0.2, 0.25) is 0 Å². The number of hydrogen-bond donors (Lipinski definition) is 0. The molecule has 0 aliphatic heterocycles. The minimum atomic E-state index is 0.202. The molecule has 1 nitrogen and oxygen atoms in total. The average molecular weight is 280 g/mol. The normalized spacial score (nSPS) is 11.4. The minimum absolute atomic E-state index is 0.202. The molecule has 0 saturated carbocycles. The van der Waals surface area contributed by atoms with Crippen LogP contribution in [-0.2, 0) is 18.3 Å². The maximum absolute atomic E-state index is 10.9. The number of hydrogen-bond acceptors (Lipinski definition) is 1. The maximum Gasteiger partial charge on any atom is 0.150 e. The molecule has 2 aromatic rings. The zero-order valence-electron chi connectivity index (χ0n) is 13.4. The summed E-state index contributed by atoms with van der Waals surface area (Å²) in [6.07, 6.45) is 2.90. The number of benzene rings is 2. The third-order valence-corrected chi connectivity index (χ3v) is 3.82. The van der Waals surface area contributed by atoms with Gasteiger partial charge in [-0.2, -0.15) is 0 Å². The maximum atomic E-state index is 10.9. The molecule has 0 fully saturated rings. The standard InChI is InChI=1S/C20H24O/c1-15-11-17(13-18(12-15)14-21)6-5-16-7-9-19(10-8-16)20(2,3)4/h7-14H,5-6H2,1-4H3. The van der Waals surface area contributed by atoms with Crippen molar-refractivity contribution in [3.05, 3.63) is 70.3 Å². The fraction of sp³-hybridized carbons (Fsp3) is 0.350. The number of rotatable bonds is 4. The third kappa shape index (κ3) is 4.29. The Kier molecular flexibility index (Phi) is 4.62. The topological polar surface area (TPSA) is 17.1 Å². The van der Waals surface area contributed by atoms with Gasteiger partial charge >= 0.3 is 0 Å². The second-order valence-corrected chi connectivity index (χ2v) is 6.82. The highest BCUT2D eigenvalue weighted by molar-refractivity contribution is 5.75. The van der Waals surface area contributed by atoms with Gasteiger partial charge in [-0.15, -0.1) is 0 Å². The summed E-state index contributed by atoms with van der Waals surface area (Å²) in [5.74, 6) is 0. The van der Waals surface area contributed by atoms with Crippen LogP contribution in [0.15, 0.2) is 42.5 Å². The smallest absolute Gasteiger partial charge is 0.150 e. The second kappa shape index (κ2) is 6.26. The first kappa shape index (κ1) is 15.5. The molecule has 0 bridgehead atoms. The van der Waals surface area contributed by atoms with Gasteiger partial charge in [0.15, 0.2) is 0 Å². The highest BCUT2D eigenvalue weighted by atomic mass is 16.1. The first-order chi connectivity index (χ1) is 9.88. The van der Waals surface area contributed by atoms with Crippen molar-refractivity contribution in [3.63, 3.8) is 0 Å². The Balaban J connectivity index is 2.06. The van der Waals surface area contributed by atoms with E-state index in [0.29, 0.717) is 0 Å². The van der Waals surface area contributed by atoms with Gasteiger partial charge in [0.25, 0.3) is 0 Å². The van der Waals surface area contributed by atoms with Crippen molar-refractivity contribution in [2.45, 2.75) is 46.0 Å². The predicted molar refractivity (Wildman–Crippen MR) is 89.1 cm³/mol. The van der Waals surface area contributed by atoms with Crippen molar-refractivity contribution in [2.24, 2.45) is 0 Å². The summed E-state index contributed by atoms with van der Waals surface area (Å²) >= 11 is 0. The lowest BCUT2D eigenvalue weighted by molar-refractivity contribution is 0.112. The monoisotopic (exact) mass is 280 g/mol. The first-order valence-corrected chi connectivity index (χ1v) is 7.53. The van der Waals surface area contributed by atoms with E-state index < -0.39 is 0 Å². The molecule has 0 heterocycles. The first-order valence-electron chi connectivity index (χ1n) is 7.53. The molecule has 21 heavy (non-hydrogen) atoms. The molecule has 0 spiro atoms. The fourth-order valence-electron chi connectivity index (χ4n) is 2.57. The summed E-state index contributed by atoms with van der Waals surface area (Å²) in [5.41, 5.74) is 6.07. The minimum Gasteiger partial charge on any atom is -0.298 e. The van der Waals surface area contributed by atoms with Crippen LogP contribution in [0.25, 0.3) is 0 Å². The second-order valence-electron chi connectivity index (χ2n) is 6.82. The summed E-state index contributed by atoms with van der Waals surface area (Å²) in [4.78, 5) is 10.9. The third-order valence-electron chi connectivity index (χ3n) is 3.82. The van der Waals surface area contributed by atoms with Crippen molar-refractivity contribution in [1.82, 2.24) is 0 Å². The molecule has 110 valence electrons. The molecule has 0 radical (unpaired) electrons. The van der Waals surface area contributed by atoms with Gasteiger partial charge in [0.05, 0.1) is 0 Å². The van der Waals surface area contributed by atoms with Crippen molar-refractivity contribution >= 4 is 6.29 Å².